The van der Waals surface area contributed by atoms with Gasteiger partial charge in [0, 0.05) is 18.8 Å². The summed E-state index contributed by atoms with van der Waals surface area (Å²) in [5, 5.41) is 8.93. The molecule has 0 spiro atoms. The number of nitrogens with one attached hydrogen (secondary N) is 3. The van der Waals surface area contributed by atoms with E-state index in [0.29, 0.717) is 17.5 Å². The molecule has 2 fully saturated rings. The zero-order valence-corrected chi connectivity index (χ0v) is 15.3. The largest absolute Gasteiger partial charge is 0.341 e. The quantitative estimate of drug-likeness (QED) is 0.766. The Kier molecular flexibility index (Phi) is 7.08. The van der Waals surface area contributed by atoms with Crippen LogP contribution < -0.4 is 16.0 Å². The van der Waals surface area contributed by atoms with E-state index in [1.54, 1.807) is 6.92 Å². The van der Waals surface area contributed by atoms with Crippen molar-refractivity contribution < 1.29 is 9.59 Å². The molecule has 3 N–H and O–H groups in total. The minimum absolute atomic E-state index is 0. The van der Waals surface area contributed by atoms with Gasteiger partial charge in [0.1, 0.15) is 6.04 Å². The van der Waals surface area contributed by atoms with Crippen molar-refractivity contribution in [3.05, 3.63) is 30.3 Å². The van der Waals surface area contributed by atoms with Crippen molar-refractivity contribution in [3.8, 4) is 0 Å². The molecule has 1 unspecified atom stereocenters. The number of para-hydroxylation sites is 1. The number of fused-ring (bicyclic) bond motifs is 1. The number of nitrogens with zero attached hydrogens (tertiary/aromatic N) is 1. The molecule has 0 bridgehead atoms. The summed E-state index contributed by atoms with van der Waals surface area (Å²) >= 11 is 0. The maximum absolute atomic E-state index is 12.6. The molecule has 25 heavy (non-hydrogen) atoms. The van der Waals surface area contributed by atoms with Crippen molar-refractivity contribution >= 4 is 30.0 Å². The van der Waals surface area contributed by atoms with Crippen molar-refractivity contribution in [2.75, 3.05) is 31.5 Å². The van der Waals surface area contributed by atoms with Crippen LogP contribution in [0.3, 0.4) is 0 Å². The third-order valence-electron chi connectivity index (χ3n) is 5.08. The Labute approximate surface area is 155 Å². The first kappa shape index (κ1) is 19.5. The second-order valence-corrected chi connectivity index (χ2v) is 6.77. The van der Waals surface area contributed by atoms with Gasteiger partial charge in [-0.1, -0.05) is 18.2 Å². The van der Waals surface area contributed by atoms with Crippen molar-refractivity contribution in [3.63, 3.8) is 0 Å². The number of hydrogen-bond acceptors (Lipinski definition) is 3. The fourth-order valence-electron chi connectivity index (χ4n) is 3.66. The molecule has 3 amide bonds. The molecule has 2 aliphatic heterocycles. The maximum Gasteiger partial charge on any atom is 0.319 e. The summed E-state index contributed by atoms with van der Waals surface area (Å²) in [6.45, 7) is 5.46. The van der Waals surface area contributed by atoms with Crippen LogP contribution in [0.4, 0.5) is 10.5 Å². The van der Waals surface area contributed by atoms with E-state index in [1.165, 1.54) is 0 Å². The highest BCUT2D eigenvalue weighted by molar-refractivity contribution is 5.93. The molecule has 2 aliphatic rings. The van der Waals surface area contributed by atoms with Crippen molar-refractivity contribution in [2.24, 2.45) is 11.8 Å². The molecule has 3 atom stereocenters. The van der Waals surface area contributed by atoms with E-state index in [9.17, 15) is 9.59 Å². The summed E-state index contributed by atoms with van der Waals surface area (Å²) in [7, 11) is 0. The summed E-state index contributed by atoms with van der Waals surface area (Å²) in [6, 6.07) is 8.35. The van der Waals surface area contributed by atoms with E-state index < -0.39 is 6.04 Å². The lowest BCUT2D eigenvalue weighted by atomic mass is 9.92. The predicted octanol–water partition coefficient (Wildman–Crippen LogP) is 2.08. The summed E-state index contributed by atoms with van der Waals surface area (Å²) in [6.07, 6.45) is 2.10. The average molecular weight is 367 g/mol. The minimum atomic E-state index is -0.523. The highest BCUT2D eigenvalue weighted by Gasteiger charge is 2.32. The van der Waals surface area contributed by atoms with Gasteiger partial charge in [-0.05, 0) is 56.8 Å². The molecule has 0 aromatic heterocycles. The molecule has 0 radical (unpaired) electrons. The SMILES string of the molecule is CC(NC(=O)Nc1ccccc1)C(=O)N1CC[C@@H]2CNC[C@@H]2CC1.Cl. The zero-order valence-electron chi connectivity index (χ0n) is 14.5. The van der Waals surface area contributed by atoms with E-state index >= 15 is 0 Å². The number of likely N-dealkylation sites (tertiary alicyclic amines) is 1. The number of hydrogen-bond donors (Lipinski definition) is 3. The van der Waals surface area contributed by atoms with Crippen LogP contribution in [0.1, 0.15) is 19.8 Å². The summed E-state index contributed by atoms with van der Waals surface area (Å²) in [4.78, 5) is 26.6. The summed E-state index contributed by atoms with van der Waals surface area (Å²) in [5.41, 5.74) is 0.713. The number of rotatable bonds is 3. The molecule has 0 saturated carbocycles. The molecular formula is C18H27ClN4O2. The van der Waals surface area contributed by atoms with Crippen LogP contribution in [0.5, 0.6) is 0 Å². The second-order valence-electron chi connectivity index (χ2n) is 6.77. The molecule has 2 saturated heterocycles. The summed E-state index contributed by atoms with van der Waals surface area (Å²) in [5.74, 6) is 1.38. The van der Waals surface area contributed by atoms with Crippen LogP contribution in [0.25, 0.3) is 0 Å². The smallest absolute Gasteiger partial charge is 0.319 e. The van der Waals surface area contributed by atoms with Crippen LogP contribution in [0.15, 0.2) is 30.3 Å². The second kappa shape index (κ2) is 9.06. The highest BCUT2D eigenvalue weighted by atomic mass is 35.5. The fourth-order valence-corrected chi connectivity index (χ4v) is 3.66. The highest BCUT2D eigenvalue weighted by Crippen LogP contribution is 2.27. The van der Waals surface area contributed by atoms with Gasteiger partial charge < -0.3 is 20.9 Å². The Morgan fingerprint density at radius 2 is 1.72 bits per heavy atom. The van der Waals surface area contributed by atoms with Crippen LogP contribution in [0, 0.1) is 11.8 Å². The number of carbonyl (C=O) groups excluding carboxylic acids is 2. The third kappa shape index (κ3) is 5.09. The third-order valence-corrected chi connectivity index (χ3v) is 5.08. The number of urea groups is 1. The molecule has 0 aliphatic carbocycles. The number of anilines is 1. The van der Waals surface area contributed by atoms with Gasteiger partial charge in [-0.2, -0.15) is 0 Å². The first-order valence-electron chi connectivity index (χ1n) is 8.75. The van der Waals surface area contributed by atoms with E-state index in [2.05, 4.69) is 16.0 Å². The van der Waals surface area contributed by atoms with Crippen molar-refractivity contribution in [1.82, 2.24) is 15.5 Å². The summed E-state index contributed by atoms with van der Waals surface area (Å²) < 4.78 is 0. The van der Waals surface area contributed by atoms with Crippen molar-refractivity contribution in [2.45, 2.75) is 25.8 Å². The van der Waals surface area contributed by atoms with Gasteiger partial charge in [0.2, 0.25) is 5.91 Å². The molecule has 6 nitrogen and oxygen atoms in total. The average Bonchev–Trinajstić information content (AvgIpc) is 2.93. The first-order chi connectivity index (χ1) is 11.6. The molecule has 3 rings (SSSR count). The number of benzene rings is 1. The molecular weight excluding hydrogens is 340 g/mol. The predicted molar refractivity (Wildman–Crippen MR) is 101 cm³/mol. The molecule has 1 aromatic carbocycles. The van der Waals surface area contributed by atoms with Gasteiger partial charge >= 0.3 is 6.03 Å². The van der Waals surface area contributed by atoms with Gasteiger partial charge in [0.05, 0.1) is 0 Å². The minimum Gasteiger partial charge on any atom is -0.341 e. The lowest BCUT2D eigenvalue weighted by Crippen LogP contribution is -2.48. The van der Waals surface area contributed by atoms with E-state index in [0.717, 1.165) is 39.0 Å². The number of amides is 3. The number of halogens is 1. The fraction of sp³-hybridized carbons (Fsp3) is 0.556. The monoisotopic (exact) mass is 366 g/mol. The normalized spacial score (nSPS) is 23.6. The first-order valence-corrected chi connectivity index (χ1v) is 8.75. The van der Waals surface area contributed by atoms with E-state index in [-0.39, 0.29) is 24.3 Å². The lowest BCUT2D eigenvalue weighted by Gasteiger charge is -2.25. The molecule has 1 aromatic rings. The number of carbonyl (C=O) groups is 2. The Bertz CT molecular complexity index is 570. The maximum atomic E-state index is 12.6. The van der Waals surface area contributed by atoms with Crippen LogP contribution in [-0.4, -0.2) is 49.1 Å². The molecule has 7 heteroatoms. The Balaban J connectivity index is 0.00000225. The van der Waals surface area contributed by atoms with E-state index in [1.807, 2.05) is 35.2 Å². The van der Waals surface area contributed by atoms with Gasteiger partial charge in [0.25, 0.3) is 0 Å². The standard InChI is InChI=1S/C18H26N4O2.ClH/c1-13(20-18(24)21-16-5-3-2-4-6-16)17(23)22-9-7-14-11-19-12-15(14)8-10-22;/h2-6,13-15,19H,7-12H2,1H3,(H2,20,21,24);1H/t13?,14-,15+;. The van der Waals surface area contributed by atoms with Gasteiger partial charge in [-0.25, -0.2) is 4.79 Å². The van der Waals surface area contributed by atoms with Crippen LogP contribution in [0.2, 0.25) is 0 Å². The molecule has 138 valence electrons. The van der Waals surface area contributed by atoms with Crippen LogP contribution >= 0.6 is 12.4 Å². The Morgan fingerprint density at radius 1 is 1.12 bits per heavy atom. The Hall–Kier alpha value is -1.79. The van der Waals surface area contributed by atoms with Crippen molar-refractivity contribution in [1.29, 1.82) is 0 Å². The molecule has 2 heterocycles. The van der Waals surface area contributed by atoms with Gasteiger partial charge in [0.15, 0.2) is 0 Å². The van der Waals surface area contributed by atoms with E-state index in [4.69, 9.17) is 0 Å². The Morgan fingerprint density at radius 3 is 2.32 bits per heavy atom. The van der Waals surface area contributed by atoms with Crippen LogP contribution in [-0.2, 0) is 4.79 Å². The topological polar surface area (TPSA) is 73.5 Å². The lowest BCUT2D eigenvalue weighted by molar-refractivity contribution is -0.132. The van der Waals surface area contributed by atoms with Gasteiger partial charge in [-0.15, -0.1) is 12.4 Å². The van der Waals surface area contributed by atoms with Gasteiger partial charge in [-0.3, -0.25) is 4.79 Å². The zero-order chi connectivity index (χ0) is 16.9.